The lowest BCUT2D eigenvalue weighted by Gasteiger charge is -2.10. The normalized spacial score (nSPS) is 10.7. The van der Waals surface area contributed by atoms with E-state index in [2.05, 4.69) is 24.3 Å². The van der Waals surface area contributed by atoms with Gasteiger partial charge in [0.25, 0.3) is 0 Å². The Hall–Kier alpha value is -4.64. The van der Waals surface area contributed by atoms with Crippen molar-refractivity contribution in [1.82, 2.24) is 0 Å². The van der Waals surface area contributed by atoms with E-state index in [1.54, 1.807) is 28.4 Å². The molecule has 0 spiro atoms. The van der Waals surface area contributed by atoms with Gasteiger partial charge in [-0.2, -0.15) is 0 Å². The monoisotopic (exact) mass is 492 g/mol. The van der Waals surface area contributed by atoms with E-state index in [9.17, 15) is 0 Å². The van der Waals surface area contributed by atoms with Crippen LogP contribution in [0.4, 0.5) is 0 Å². The molecular weight excluding hydrogens is 464 g/mol. The summed E-state index contributed by atoms with van der Waals surface area (Å²) in [6.45, 7) is 0. The van der Waals surface area contributed by atoms with Gasteiger partial charge in [0.2, 0.25) is 0 Å². The first-order chi connectivity index (χ1) is 18.1. The Bertz CT molecular complexity index is 1350. The van der Waals surface area contributed by atoms with E-state index in [1.807, 2.05) is 72.8 Å². The van der Waals surface area contributed by atoms with Crippen molar-refractivity contribution in [3.63, 3.8) is 0 Å². The molecule has 37 heavy (non-hydrogen) atoms. The van der Waals surface area contributed by atoms with Crippen molar-refractivity contribution < 1.29 is 23.4 Å². The summed E-state index contributed by atoms with van der Waals surface area (Å²) in [5, 5.41) is 0. The molecule has 5 heteroatoms. The SMILES string of the molecule is COc1ccc(-c2oc(-c3ccc(OC)cc3)c(-c3ccc(OC)cc3)c2-c2ccc(OC)cc2)cc1. The first-order valence-corrected chi connectivity index (χ1v) is 11.9. The summed E-state index contributed by atoms with van der Waals surface area (Å²) in [5.74, 6) is 4.69. The van der Waals surface area contributed by atoms with E-state index >= 15 is 0 Å². The number of ether oxygens (including phenoxy) is 4. The van der Waals surface area contributed by atoms with E-state index < -0.39 is 0 Å². The summed E-state index contributed by atoms with van der Waals surface area (Å²) < 4.78 is 28.4. The first-order valence-electron chi connectivity index (χ1n) is 11.9. The zero-order valence-corrected chi connectivity index (χ0v) is 21.3. The summed E-state index contributed by atoms with van der Waals surface area (Å²) >= 11 is 0. The van der Waals surface area contributed by atoms with Gasteiger partial charge in [0.1, 0.15) is 34.5 Å². The molecule has 0 bridgehead atoms. The molecule has 5 rings (SSSR count). The van der Waals surface area contributed by atoms with E-state index in [4.69, 9.17) is 23.4 Å². The van der Waals surface area contributed by atoms with E-state index in [1.165, 1.54) is 0 Å². The Labute approximate surface area is 216 Å². The van der Waals surface area contributed by atoms with Crippen LogP contribution in [0, 0.1) is 0 Å². The number of hydrogen-bond acceptors (Lipinski definition) is 5. The van der Waals surface area contributed by atoms with Gasteiger partial charge in [0, 0.05) is 22.3 Å². The van der Waals surface area contributed by atoms with Crippen molar-refractivity contribution in [3.05, 3.63) is 97.1 Å². The largest absolute Gasteiger partial charge is 0.497 e. The molecule has 0 aliphatic carbocycles. The van der Waals surface area contributed by atoms with Crippen LogP contribution >= 0.6 is 0 Å². The molecule has 5 aromatic rings. The molecule has 0 fully saturated rings. The van der Waals surface area contributed by atoms with Gasteiger partial charge in [-0.05, 0) is 83.9 Å². The second-order valence-corrected chi connectivity index (χ2v) is 8.42. The molecule has 0 atom stereocenters. The van der Waals surface area contributed by atoms with Crippen LogP contribution in [0.5, 0.6) is 23.0 Å². The maximum atomic E-state index is 6.74. The molecule has 0 amide bonds. The second-order valence-electron chi connectivity index (χ2n) is 8.42. The molecule has 4 aromatic carbocycles. The van der Waals surface area contributed by atoms with E-state index in [0.717, 1.165) is 67.9 Å². The van der Waals surface area contributed by atoms with Gasteiger partial charge in [-0.25, -0.2) is 0 Å². The minimum absolute atomic E-state index is 0.768. The summed E-state index contributed by atoms with van der Waals surface area (Å²) in [6, 6.07) is 31.9. The Morgan fingerprint density at radius 2 is 0.595 bits per heavy atom. The molecule has 0 N–H and O–H groups in total. The van der Waals surface area contributed by atoms with Crippen molar-refractivity contribution in [2.24, 2.45) is 0 Å². The van der Waals surface area contributed by atoms with Crippen LogP contribution in [0.25, 0.3) is 44.9 Å². The van der Waals surface area contributed by atoms with Crippen LogP contribution < -0.4 is 18.9 Å². The van der Waals surface area contributed by atoms with E-state index in [0.29, 0.717) is 0 Å². The van der Waals surface area contributed by atoms with Gasteiger partial charge in [0.15, 0.2) is 0 Å². The average Bonchev–Trinajstić information content (AvgIpc) is 3.38. The van der Waals surface area contributed by atoms with Gasteiger partial charge < -0.3 is 23.4 Å². The quantitative estimate of drug-likeness (QED) is 0.220. The molecule has 0 unspecified atom stereocenters. The van der Waals surface area contributed by atoms with Crippen LogP contribution in [0.3, 0.4) is 0 Å². The third-order valence-electron chi connectivity index (χ3n) is 6.37. The molecule has 5 nitrogen and oxygen atoms in total. The van der Waals surface area contributed by atoms with Crippen LogP contribution in [-0.2, 0) is 0 Å². The molecule has 0 aliphatic heterocycles. The van der Waals surface area contributed by atoms with Crippen molar-refractivity contribution >= 4 is 0 Å². The average molecular weight is 493 g/mol. The first kappa shape index (κ1) is 24.1. The van der Waals surface area contributed by atoms with Crippen LogP contribution in [0.15, 0.2) is 101 Å². The Morgan fingerprint density at radius 1 is 0.351 bits per heavy atom. The lowest BCUT2D eigenvalue weighted by Crippen LogP contribution is -1.89. The van der Waals surface area contributed by atoms with Crippen molar-refractivity contribution in [1.29, 1.82) is 0 Å². The highest BCUT2D eigenvalue weighted by Gasteiger charge is 2.25. The lowest BCUT2D eigenvalue weighted by atomic mass is 9.91. The van der Waals surface area contributed by atoms with Crippen molar-refractivity contribution in [2.45, 2.75) is 0 Å². The van der Waals surface area contributed by atoms with Gasteiger partial charge in [-0.3, -0.25) is 0 Å². The smallest absolute Gasteiger partial charge is 0.143 e. The number of benzene rings is 4. The molecule has 0 saturated carbocycles. The maximum Gasteiger partial charge on any atom is 0.143 e. The third kappa shape index (κ3) is 4.76. The fourth-order valence-corrected chi connectivity index (χ4v) is 4.39. The van der Waals surface area contributed by atoms with Gasteiger partial charge >= 0.3 is 0 Å². The summed E-state index contributed by atoms with van der Waals surface area (Å²) in [7, 11) is 6.66. The molecule has 0 aliphatic rings. The zero-order valence-electron chi connectivity index (χ0n) is 21.3. The highest BCUT2D eigenvalue weighted by Crippen LogP contribution is 2.49. The Balaban J connectivity index is 1.81. The van der Waals surface area contributed by atoms with E-state index in [-0.39, 0.29) is 0 Å². The van der Waals surface area contributed by atoms with Crippen molar-refractivity contribution in [2.75, 3.05) is 28.4 Å². The minimum Gasteiger partial charge on any atom is -0.497 e. The maximum absolute atomic E-state index is 6.74. The molecule has 1 aromatic heterocycles. The third-order valence-corrected chi connectivity index (χ3v) is 6.37. The second kappa shape index (κ2) is 10.5. The number of hydrogen-bond donors (Lipinski definition) is 0. The van der Waals surface area contributed by atoms with Crippen molar-refractivity contribution in [3.8, 4) is 67.9 Å². The molecular formula is C32H28O5. The Kier molecular flexibility index (Phi) is 6.86. The highest BCUT2D eigenvalue weighted by molar-refractivity contribution is 5.99. The predicted octanol–water partition coefficient (Wildman–Crippen LogP) is 7.98. The molecule has 0 radical (unpaired) electrons. The summed E-state index contributed by atoms with van der Waals surface area (Å²) in [6.07, 6.45) is 0. The fourth-order valence-electron chi connectivity index (χ4n) is 4.39. The zero-order chi connectivity index (χ0) is 25.8. The number of rotatable bonds is 8. The number of methoxy groups -OCH3 is 4. The van der Waals surface area contributed by atoms with Crippen LogP contribution in [0.1, 0.15) is 0 Å². The van der Waals surface area contributed by atoms with Gasteiger partial charge in [0.05, 0.1) is 28.4 Å². The topological polar surface area (TPSA) is 50.1 Å². The van der Waals surface area contributed by atoms with Gasteiger partial charge in [-0.15, -0.1) is 0 Å². The predicted molar refractivity (Wildman–Crippen MR) is 147 cm³/mol. The standard InChI is InChI=1S/C32H28O5/c1-33-25-13-5-21(6-14-25)29-30(22-7-15-26(34-2)16-8-22)32(24-11-19-28(36-4)20-12-24)37-31(29)23-9-17-27(35-3)18-10-23/h5-20H,1-4H3. The van der Waals surface area contributed by atoms with Crippen LogP contribution in [0.2, 0.25) is 0 Å². The minimum atomic E-state index is 0.768. The van der Waals surface area contributed by atoms with Crippen LogP contribution in [-0.4, -0.2) is 28.4 Å². The Morgan fingerprint density at radius 3 is 0.838 bits per heavy atom. The highest BCUT2D eigenvalue weighted by atomic mass is 16.5. The molecule has 0 saturated heterocycles. The molecule has 186 valence electrons. The fraction of sp³-hybridized carbons (Fsp3) is 0.125. The summed E-state index contributed by atoms with van der Waals surface area (Å²) in [4.78, 5) is 0. The summed E-state index contributed by atoms with van der Waals surface area (Å²) in [5.41, 5.74) is 5.90. The number of furan rings is 1. The molecule has 1 heterocycles. The lowest BCUT2D eigenvalue weighted by molar-refractivity contribution is 0.414. The van der Waals surface area contributed by atoms with Gasteiger partial charge in [-0.1, -0.05) is 24.3 Å².